The average molecular weight is 943 g/mol. The lowest BCUT2D eigenvalue weighted by molar-refractivity contribution is -0.377. The molecule has 0 amide bonds. The maximum absolute atomic E-state index is 14.7. The second-order valence-electron chi connectivity index (χ2n) is 22.8. The van der Waals surface area contributed by atoms with E-state index in [1.54, 1.807) is 0 Å². The molecule has 19 heteroatoms. The Morgan fingerprint density at radius 2 is 1.42 bits per heavy atom. The summed E-state index contributed by atoms with van der Waals surface area (Å²) in [4.78, 5) is 38.8. The van der Waals surface area contributed by atoms with Gasteiger partial charge in [0.1, 0.15) is 55.4 Å². The lowest BCUT2D eigenvalue weighted by Crippen LogP contribution is -2.77. The summed E-state index contributed by atoms with van der Waals surface area (Å²) in [7, 11) is 0. The highest BCUT2D eigenvalue weighted by atomic mass is 16.7. The molecule has 11 N–H and O–H groups in total. The molecule has 20 atom stereocenters. The molecular formula is C47H74O19. The van der Waals surface area contributed by atoms with E-state index in [1.807, 2.05) is 13.8 Å². The highest BCUT2D eigenvalue weighted by Gasteiger charge is 2.72. The van der Waals surface area contributed by atoms with Crippen LogP contribution >= 0.6 is 0 Å². The van der Waals surface area contributed by atoms with Crippen LogP contribution in [-0.4, -0.2) is 173 Å². The fourth-order valence-electron chi connectivity index (χ4n) is 14.9. The summed E-state index contributed by atoms with van der Waals surface area (Å²) in [5.74, 6) is -4.17. The summed E-state index contributed by atoms with van der Waals surface area (Å²) in [6, 6.07) is 0. The van der Waals surface area contributed by atoms with Crippen LogP contribution in [0, 0.1) is 50.2 Å². The highest BCUT2D eigenvalue weighted by Crippen LogP contribution is 2.76. The van der Waals surface area contributed by atoms with Gasteiger partial charge in [-0.25, -0.2) is 9.59 Å². The second kappa shape index (κ2) is 17.8. The molecule has 19 nitrogen and oxygen atoms in total. The fourth-order valence-corrected chi connectivity index (χ4v) is 14.9. The normalized spacial score (nSPS) is 48.2. The summed E-state index contributed by atoms with van der Waals surface area (Å²) in [5.41, 5.74) is -4.39. The molecule has 0 bridgehead atoms. The van der Waals surface area contributed by atoms with E-state index < -0.39 is 128 Å². The number of ether oxygens (including phenoxy) is 5. The Balaban J connectivity index is 1.22. The minimum Gasteiger partial charge on any atom is -0.480 e. The number of rotatable bonds is 12. The van der Waals surface area contributed by atoms with Gasteiger partial charge >= 0.3 is 17.9 Å². The van der Waals surface area contributed by atoms with Crippen LogP contribution in [0.4, 0.5) is 0 Å². The SMILES string of the molecule is CC1(C)CCC2(C(=O)OC3OC(CO)C(O)C(O)C3O)CCC3(C)C(=CCC4C5(C)CCC(OC6(C(OCC(=O)O)C(O)C(=O)O)C(O)C(O)OC(CO)C6O)C(C)(C)C5CCC43C)C2C1. The van der Waals surface area contributed by atoms with Crippen molar-refractivity contribution in [2.75, 3.05) is 19.8 Å². The van der Waals surface area contributed by atoms with Gasteiger partial charge < -0.3 is 79.9 Å². The number of hydrogen-bond acceptors (Lipinski definition) is 17. The third-order valence-electron chi connectivity index (χ3n) is 18.8. The highest BCUT2D eigenvalue weighted by molar-refractivity contribution is 5.79. The Hall–Kier alpha value is -2.37. The number of carbonyl (C=O) groups is 3. The minimum absolute atomic E-state index is 0.0855. The summed E-state index contributed by atoms with van der Waals surface area (Å²) < 4.78 is 29.1. The molecule has 2 heterocycles. The molecule has 2 saturated heterocycles. The van der Waals surface area contributed by atoms with Crippen LogP contribution in [0.15, 0.2) is 11.6 Å². The quantitative estimate of drug-likeness (QED) is 0.0943. The number of fused-ring (bicyclic) bond motifs is 7. The molecule has 7 rings (SSSR count). The molecule has 6 fully saturated rings. The van der Waals surface area contributed by atoms with E-state index in [4.69, 9.17) is 23.7 Å². The molecule has 0 spiro atoms. The van der Waals surface area contributed by atoms with Crippen molar-refractivity contribution < 1.29 is 94.2 Å². The van der Waals surface area contributed by atoms with Gasteiger partial charge in [0.2, 0.25) is 6.29 Å². The molecule has 2 aliphatic heterocycles. The number of carbonyl (C=O) groups excluding carboxylic acids is 1. The molecule has 0 aromatic rings. The van der Waals surface area contributed by atoms with Crippen LogP contribution in [0.1, 0.15) is 113 Å². The van der Waals surface area contributed by atoms with E-state index in [0.29, 0.717) is 51.4 Å². The molecule has 0 aromatic heterocycles. The van der Waals surface area contributed by atoms with Gasteiger partial charge in [0, 0.05) is 0 Å². The van der Waals surface area contributed by atoms with Crippen LogP contribution in [0.25, 0.3) is 0 Å². The topological polar surface area (TPSA) is 320 Å². The maximum atomic E-state index is 14.7. The Bertz CT molecular complexity index is 1870. The van der Waals surface area contributed by atoms with Crippen molar-refractivity contribution >= 4 is 17.9 Å². The lowest BCUT2D eigenvalue weighted by atomic mass is 9.33. The molecule has 0 aromatic carbocycles. The number of allylic oxidation sites excluding steroid dienone is 2. The number of aliphatic hydroxyl groups excluding tert-OH is 9. The van der Waals surface area contributed by atoms with Crippen LogP contribution in [0.3, 0.4) is 0 Å². The maximum Gasteiger partial charge on any atom is 0.335 e. The first-order valence-corrected chi connectivity index (χ1v) is 23.6. The standard InChI is InChI=1S/C47H74O19/c1-41(2)14-16-46(40(61)65-39-32(54)31(53)30(52)24(19-48)64-39)17-15-44(6)22(23(46)18-41)8-9-27-43(5)12-11-28(42(3,4)26(43)10-13-45(27,44)7)66-47(34(56)25(20-49)63-38(60)35(47)57)36(33(55)37(58)59)62-21-29(50)51/h8,23-28,30-36,38-39,48-49,52-57,60H,9-21H2,1-7H3,(H,50,51)(H,58,59). The fraction of sp³-hybridized carbons (Fsp3) is 0.894. The monoisotopic (exact) mass is 942 g/mol. The first-order valence-electron chi connectivity index (χ1n) is 23.6. The minimum atomic E-state index is -2.71. The third-order valence-corrected chi connectivity index (χ3v) is 18.8. The zero-order valence-corrected chi connectivity index (χ0v) is 39.1. The number of hydrogen-bond donors (Lipinski definition) is 11. The van der Waals surface area contributed by atoms with Gasteiger partial charge in [-0.05, 0) is 109 Å². The molecule has 4 saturated carbocycles. The van der Waals surface area contributed by atoms with Crippen LogP contribution in [-0.2, 0) is 38.1 Å². The molecule has 376 valence electrons. The number of carboxylic acid groups (broad SMARTS) is 2. The number of aliphatic hydroxyl groups is 9. The van der Waals surface area contributed by atoms with Gasteiger partial charge in [-0.1, -0.05) is 60.1 Å². The summed E-state index contributed by atoms with van der Waals surface area (Å²) in [5, 5.41) is 117. The summed E-state index contributed by atoms with van der Waals surface area (Å²) in [6.45, 7) is 12.6. The van der Waals surface area contributed by atoms with Gasteiger partial charge in [0.25, 0.3) is 0 Å². The van der Waals surface area contributed by atoms with Crippen molar-refractivity contribution in [3.8, 4) is 0 Å². The van der Waals surface area contributed by atoms with Gasteiger partial charge in [-0.2, -0.15) is 0 Å². The van der Waals surface area contributed by atoms with Gasteiger partial charge in [-0.15, -0.1) is 0 Å². The Morgan fingerprint density at radius 3 is 2.05 bits per heavy atom. The van der Waals surface area contributed by atoms with E-state index in [-0.39, 0.29) is 39.4 Å². The zero-order chi connectivity index (χ0) is 48.9. The molecule has 0 radical (unpaired) electrons. The lowest BCUT2D eigenvalue weighted by Gasteiger charge is -2.71. The summed E-state index contributed by atoms with van der Waals surface area (Å²) in [6.07, 6.45) is -13.3. The van der Waals surface area contributed by atoms with Crippen molar-refractivity contribution in [2.24, 2.45) is 50.2 Å². The van der Waals surface area contributed by atoms with E-state index in [0.717, 1.165) is 12.8 Å². The number of esters is 1. The van der Waals surface area contributed by atoms with Gasteiger partial charge in [0.15, 0.2) is 18.0 Å². The van der Waals surface area contributed by atoms with Crippen molar-refractivity contribution in [3.63, 3.8) is 0 Å². The van der Waals surface area contributed by atoms with E-state index in [2.05, 4.69) is 40.7 Å². The second-order valence-corrected chi connectivity index (χ2v) is 22.8. The Morgan fingerprint density at radius 1 is 0.773 bits per heavy atom. The van der Waals surface area contributed by atoms with Gasteiger partial charge in [-0.3, -0.25) is 4.79 Å². The first kappa shape index (κ1) is 51.5. The largest absolute Gasteiger partial charge is 0.480 e. The Kier molecular flexibility index (Phi) is 13.9. The third kappa shape index (κ3) is 7.78. The molecule has 20 unspecified atom stereocenters. The predicted molar refractivity (Wildman–Crippen MR) is 227 cm³/mol. The first-order chi connectivity index (χ1) is 30.6. The van der Waals surface area contributed by atoms with Crippen molar-refractivity contribution in [1.82, 2.24) is 0 Å². The van der Waals surface area contributed by atoms with Gasteiger partial charge in [0.05, 0.1) is 24.7 Å². The Labute approximate surface area is 385 Å². The summed E-state index contributed by atoms with van der Waals surface area (Å²) >= 11 is 0. The smallest absolute Gasteiger partial charge is 0.335 e. The zero-order valence-electron chi connectivity index (χ0n) is 39.1. The number of carboxylic acids is 2. The van der Waals surface area contributed by atoms with Crippen molar-refractivity contribution in [1.29, 1.82) is 0 Å². The van der Waals surface area contributed by atoms with E-state index >= 15 is 0 Å². The predicted octanol–water partition coefficient (Wildman–Crippen LogP) is 0.602. The van der Waals surface area contributed by atoms with Crippen LogP contribution in [0.5, 0.6) is 0 Å². The van der Waals surface area contributed by atoms with Crippen LogP contribution < -0.4 is 0 Å². The molecular weight excluding hydrogens is 868 g/mol. The van der Waals surface area contributed by atoms with E-state index in [1.165, 1.54) is 5.57 Å². The van der Waals surface area contributed by atoms with Crippen LogP contribution in [0.2, 0.25) is 0 Å². The molecule has 66 heavy (non-hydrogen) atoms. The van der Waals surface area contributed by atoms with Crippen molar-refractivity contribution in [2.45, 2.75) is 192 Å². The average Bonchev–Trinajstić information content (AvgIpc) is 3.24. The van der Waals surface area contributed by atoms with Crippen molar-refractivity contribution in [3.05, 3.63) is 11.6 Å². The molecule has 7 aliphatic rings. The van der Waals surface area contributed by atoms with E-state index in [9.17, 15) is 70.6 Å². The molecule has 5 aliphatic carbocycles. The number of aliphatic carboxylic acids is 2.